The Morgan fingerprint density at radius 1 is 1.05 bits per heavy atom. The van der Waals surface area contributed by atoms with Crippen LogP contribution in [0.15, 0.2) is 40.9 Å². The van der Waals surface area contributed by atoms with Crippen LogP contribution < -0.4 is 0 Å². The minimum absolute atomic E-state index is 0. The average Bonchev–Trinajstić information content (AvgIpc) is 2.68. The summed E-state index contributed by atoms with van der Waals surface area (Å²) < 4.78 is 0. The summed E-state index contributed by atoms with van der Waals surface area (Å²) in [4.78, 5) is 4.40. The number of benzene rings is 1. The molecular formula is C20H35NV. The average molecular weight is 340 g/mol. The second kappa shape index (κ2) is 14.9. The van der Waals surface area contributed by atoms with Gasteiger partial charge in [0.2, 0.25) is 0 Å². The van der Waals surface area contributed by atoms with Crippen LogP contribution in [0.4, 0.5) is 5.69 Å². The summed E-state index contributed by atoms with van der Waals surface area (Å²) in [5.74, 6) is 0. The molecule has 1 aromatic carbocycles. The summed E-state index contributed by atoms with van der Waals surface area (Å²) in [6.45, 7) is 10.4. The van der Waals surface area contributed by atoms with Crippen LogP contribution in [0.3, 0.4) is 0 Å². The summed E-state index contributed by atoms with van der Waals surface area (Å²) >= 11 is 0. The second-order valence-corrected chi connectivity index (χ2v) is 4.23. The topological polar surface area (TPSA) is 12.4 Å². The monoisotopic (exact) mass is 340 g/mol. The first-order valence-electron chi connectivity index (χ1n) is 6.67. The Morgan fingerprint density at radius 2 is 1.64 bits per heavy atom. The first-order chi connectivity index (χ1) is 8.72. The van der Waals surface area contributed by atoms with Gasteiger partial charge < -0.3 is 0 Å². The molecule has 0 N–H and O–H groups in total. The maximum atomic E-state index is 4.40. The Bertz CT molecular complexity index is 496. The number of hydrogen-bond acceptors (Lipinski definition) is 1. The zero-order valence-electron chi connectivity index (χ0n) is 12.6. The van der Waals surface area contributed by atoms with Gasteiger partial charge in [0.25, 0.3) is 0 Å². The molecule has 1 aliphatic rings. The fourth-order valence-electron chi connectivity index (χ4n) is 2.01. The zero-order valence-corrected chi connectivity index (χ0v) is 14.0. The Morgan fingerprint density at radius 3 is 2.18 bits per heavy atom. The van der Waals surface area contributed by atoms with E-state index in [-0.39, 0.29) is 40.8 Å². The third-order valence-corrected chi connectivity index (χ3v) is 3.10. The molecule has 0 spiro atoms. The van der Waals surface area contributed by atoms with E-state index in [1.807, 2.05) is 39.1 Å². The first kappa shape index (κ1) is 29.0. The van der Waals surface area contributed by atoms with Gasteiger partial charge in [0.15, 0.2) is 0 Å². The normalized spacial score (nSPS) is 11.5. The van der Waals surface area contributed by atoms with Gasteiger partial charge in [0.05, 0.1) is 5.69 Å². The number of allylic oxidation sites excluding steroid dienone is 4. The molecule has 0 fully saturated rings. The van der Waals surface area contributed by atoms with E-state index in [4.69, 9.17) is 0 Å². The van der Waals surface area contributed by atoms with Crippen molar-refractivity contribution in [2.45, 2.75) is 63.3 Å². The molecule has 125 valence electrons. The van der Waals surface area contributed by atoms with Crippen molar-refractivity contribution in [1.29, 1.82) is 0 Å². The Hall–Kier alpha value is -1.05. The molecule has 0 aliphatic heterocycles. The summed E-state index contributed by atoms with van der Waals surface area (Å²) in [5.41, 5.74) is 6.72. The van der Waals surface area contributed by atoms with Gasteiger partial charge in [-0.1, -0.05) is 53.8 Å². The molecular weight excluding hydrogens is 305 g/mol. The third kappa shape index (κ3) is 7.29. The van der Waals surface area contributed by atoms with Gasteiger partial charge in [-0.2, -0.15) is 0 Å². The minimum Gasteiger partial charge on any atom is -0.257 e. The molecule has 1 aromatic rings. The largest absolute Gasteiger partial charge is 0.257 e. The van der Waals surface area contributed by atoms with Crippen LogP contribution in [0.25, 0.3) is 5.57 Å². The van der Waals surface area contributed by atoms with Crippen molar-refractivity contribution < 1.29 is 18.6 Å². The predicted octanol–water partition coefficient (Wildman–Crippen LogP) is 7.25. The number of hydrogen-bond donors (Lipinski definition) is 0. The fourth-order valence-corrected chi connectivity index (χ4v) is 2.01. The Labute approximate surface area is 151 Å². The van der Waals surface area contributed by atoms with E-state index in [1.54, 1.807) is 0 Å². The number of nitrogens with zero attached hydrogens (tertiary/aromatic N) is 1. The van der Waals surface area contributed by atoms with Crippen molar-refractivity contribution in [3.63, 3.8) is 0 Å². The molecule has 0 atom stereocenters. The van der Waals surface area contributed by atoms with E-state index in [2.05, 4.69) is 37.0 Å². The Kier molecular flexibility index (Phi) is 19.6. The molecule has 1 nitrogen and oxygen atoms in total. The van der Waals surface area contributed by atoms with Crippen molar-refractivity contribution in [2.24, 2.45) is 4.99 Å². The van der Waals surface area contributed by atoms with Crippen molar-refractivity contribution in [3.8, 4) is 0 Å². The molecule has 0 amide bonds. The molecule has 1 radical (unpaired) electrons. The maximum Gasteiger partial charge on any atom is 0.0635 e. The standard InChI is InChI=1S/C15H17N.C2H6.3CH4.V/c1-4-5-8-16-14-7-6-13-9-11(2)12(3)15(13)10-14;1-2;;;;/h4-8,10H,9H2,1-3H3;1-2H3;3*1H4;. The van der Waals surface area contributed by atoms with Gasteiger partial charge in [0.1, 0.15) is 0 Å². The summed E-state index contributed by atoms with van der Waals surface area (Å²) in [5, 5.41) is 0. The molecule has 0 saturated carbocycles. The van der Waals surface area contributed by atoms with E-state index in [1.165, 1.54) is 22.3 Å². The fraction of sp³-hybridized carbons (Fsp3) is 0.450. The van der Waals surface area contributed by atoms with Crippen LogP contribution in [0.5, 0.6) is 0 Å². The SMILES string of the molecule is C.C.C.CC.CC=CC=Nc1ccc2c(c1)C(C)=C(C)C2.[V]. The van der Waals surface area contributed by atoms with Crippen molar-refractivity contribution in [1.82, 2.24) is 0 Å². The molecule has 0 saturated heterocycles. The third-order valence-electron chi connectivity index (χ3n) is 3.10. The Balaban J connectivity index is -0.000000259. The second-order valence-electron chi connectivity index (χ2n) is 4.23. The van der Waals surface area contributed by atoms with Crippen molar-refractivity contribution in [3.05, 3.63) is 47.1 Å². The van der Waals surface area contributed by atoms with Crippen LogP contribution in [-0.2, 0) is 25.0 Å². The first-order valence-corrected chi connectivity index (χ1v) is 6.67. The molecule has 0 unspecified atom stereocenters. The minimum atomic E-state index is 0. The van der Waals surface area contributed by atoms with Gasteiger partial charge >= 0.3 is 0 Å². The summed E-state index contributed by atoms with van der Waals surface area (Å²) in [7, 11) is 0. The van der Waals surface area contributed by atoms with E-state index in [0.29, 0.717) is 0 Å². The van der Waals surface area contributed by atoms with E-state index in [0.717, 1.165) is 12.1 Å². The van der Waals surface area contributed by atoms with Crippen LogP contribution in [0.2, 0.25) is 0 Å². The van der Waals surface area contributed by atoms with Gasteiger partial charge in [-0.25, -0.2) is 0 Å². The molecule has 2 heteroatoms. The van der Waals surface area contributed by atoms with Crippen LogP contribution in [0, 0.1) is 0 Å². The van der Waals surface area contributed by atoms with Gasteiger partial charge in [-0.05, 0) is 62.1 Å². The van der Waals surface area contributed by atoms with E-state index >= 15 is 0 Å². The zero-order chi connectivity index (χ0) is 13.5. The van der Waals surface area contributed by atoms with Crippen LogP contribution >= 0.6 is 0 Å². The van der Waals surface area contributed by atoms with Crippen molar-refractivity contribution >= 4 is 17.5 Å². The molecule has 22 heavy (non-hydrogen) atoms. The van der Waals surface area contributed by atoms with Crippen LogP contribution in [0.1, 0.15) is 68.0 Å². The number of aliphatic imine (C=N–C) groups is 1. The molecule has 0 heterocycles. The quantitative estimate of drug-likeness (QED) is 0.503. The molecule has 2 rings (SSSR count). The van der Waals surface area contributed by atoms with Crippen molar-refractivity contribution in [2.75, 3.05) is 0 Å². The maximum absolute atomic E-state index is 4.40. The number of fused-ring (bicyclic) bond motifs is 1. The molecule has 0 bridgehead atoms. The van der Waals surface area contributed by atoms with Gasteiger partial charge in [-0.3, -0.25) is 4.99 Å². The van der Waals surface area contributed by atoms with Crippen LogP contribution in [-0.4, -0.2) is 6.21 Å². The summed E-state index contributed by atoms with van der Waals surface area (Å²) in [6.07, 6.45) is 6.86. The summed E-state index contributed by atoms with van der Waals surface area (Å²) in [6, 6.07) is 6.46. The smallest absolute Gasteiger partial charge is 0.0635 e. The molecule has 1 aliphatic carbocycles. The number of rotatable bonds is 2. The van der Waals surface area contributed by atoms with E-state index in [9.17, 15) is 0 Å². The van der Waals surface area contributed by atoms with E-state index < -0.39 is 0 Å². The molecule has 0 aromatic heterocycles. The van der Waals surface area contributed by atoms with Gasteiger partial charge in [-0.15, -0.1) is 0 Å². The predicted molar refractivity (Wildman–Crippen MR) is 103 cm³/mol. The van der Waals surface area contributed by atoms with Gasteiger partial charge in [0, 0.05) is 24.8 Å².